The average molecular weight is 337 g/mol. The summed E-state index contributed by atoms with van der Waals surface area (Å²) < 4.78 is 17.5. The average Bonchev–Trinajstić information content (AvgIpc) is 2.46. The molecule has 0 amide bonds. The quantitative estimate of drug-likeness (QED) is 0.812. The van der Waals surface area contributed by atoms with Crippen LogP contribution in [0.3, 0.4) is 0 Å². The molecule has 2 rings (SSSR count). The number of benzene rings is 2. The smallest absolute Gasteiger partial charge is 0.167 e. The SMILES string of the molecule is COc1c(Br)cc(OCc2ccccc2)c(OC)c1C. The minimum atomic E-state index is 0.495. The fraction of sp³-hybridized carbons (Fsp3) is 0.250. The molecule has 0 N–H and O–H groups in total. The van der Waals surface area contributed by atoms with Gasteiger partial charge >= 0.3 is 0 Å². The Morgan fingerprint density at radius 2 is 1.65 bits per heavy atom. The number of rotatable bonds is 5. The highest BCUT2D eigenvalue weighted by atomic mass is 79.9. The van der Waals surface area contributed by atoms with E-state index in [9.17, 15) is 0 Å². The van der Waals surface area contributed by atoms with Crippen molar-refractivity contribution >= 4 is 15.9 Å². The third-order valence-corrected chi connectivity index (χ3v) is 3.61. The fourth-order valence-electron chi connectivity index (χ4n) is 2.06. The predicted molar refractivity (Wildman–Crippen MR) is 82.8 cm³/mol. The van der Waals surface area contributed by atoms with Gasteiger partial charge in [-0.3, -0.25) is 0 Å². The number of hydrogen-bond acceptors (Lipinski definition) is 3. The third-order valence-electron chi connectivity index (χ3n) is 3.03. The van der Waals surface area contributed by atoms with Gasteiger partial charge in [-0.2, -0.15) is 0 Å². The van der Waals surface area contributed by atoms with E-state index in [2.05, 4.69) is 15.9 Å². The fourth-order valence-corrected chi connectivity index (χ4v) is 2.73. The maximum absolute atomic E-state index is 5.86. The first kappa shape index (κ1) is 14.7. The molecule has 2 aromatic carbocycles. The van der Waals surface area contributed by atoms with E-state index < -0.39 is 0 Å². The summed E-state index contributed by atoms with van der Waals surface area (Å²) in [6.07, 6.45) is 0. The second-order valence-electron chi connectivity index (χ2n) is 4.32. The molecule has 0 aromatic heterocycles. The Kier molecular flexibility index (Phi) is 4.90. The summed E-state index contributed by atoms with van der Waals surface area (Å²) in [7, 11) is 3.27. The van der Waals surface area contributed by atoms with E-state index in [1.54, 1.807) is 14.2 Å². The van der Waals surface area contributed by atoms with Crippen LogP contribution in [-0.2, 0) is 6.61 Å². The second kappa shape index (κ2) is 6.66. The number of methoxy groups -OCH3 is 2. The van der Waals surface area contributed by atoms with E-state index in [4.69, 9.17) is 14.2 Å². The van der Waals surface area contributed by atoms with Gasteiger partial charge in [0.2, 0.25) is 0 Å². The largest absolute Gasteiger partial charge is 0.495 e. The monoisotopic (exact) mass is 336 g/mol. The molecule has 4 heteroatoms. The van der Waals surface area contributed by atoms with Gasteiger partial charge in [0.25, 0.3) is 0 Å². The highest BCUT2D eigenvalue weighted by molar-refractivity contribution is 9.10. The van der Waals surface area contributed by atoms with E-state index in [-0.39, 0.29) is 0 Å². The minimum absolute atomic E-state index is 0.495. The molecule has 0 saturated carbocycles. The summed E-state index contributed by atoms with van der Waals surface area (Å²) in [5.41, 5.74) is 2.02. The van der Waals surface area contributed by atoms with E-state index in [1.165, 1.54) is 0 Å². The Labute approximate surface area is 127 Å². The molecule has 0 unspecified atom stereocenters. The first-order valence-electron chi connectivity index (χ1n) is 6.25. The van der Waals surface area contributed by atoms with Crippen LogP contribution in [0, 0.1) is 6.92 Å². The molecule has 0 atom stereocenters. The lowest BCUT2D eigenvalue weighted by atomic mass is 10.2. The highest BCUT2D eigenvalue weighted by Gasteiger charge is 2.16. The van der Waals surface area contributed by atoms with Crippen molar-refractivity contribution in [2.45, 2.75) is 13.5 Å². The van der Waals surface area contributed by atoms with E-state index in [0.29, 0.717) is 18.1 Å². The van der Waals surface area contributed by atoms with Crippen molar-refractivity contribution in [3.05, 3.63) is 52.0 Å². The van der Waals surface area contributed by atoms with Crippen molar-refractivity contribution in [1.29, 1.82) is 0 Å². The van der Waals surface area contributed by atoms with Gasteiger partial charge in [-0.05, 0) is 28.4 Å². The molecule has 0 radical (unpaired) electrons. The highest BCUT2D eigenvalue weighted by Crippen LogP contribution is 2.42. The van der Waals surface area contributed by atoms with Crippen molar-refractivity contribution in [3.63, 3.8) is 0 Å². The third kappa shape index (κ3) is 3.07. The molecule has 106 valence electrons. The Morgan fingerprint density at radius 1 is 1.00 bits per heavy atom. The first-order chi connectivity index (χ1) is 9.67. The molecule has 0 aliphatic heterocycles. The van der Waals surface area contributed by atoms with Crippen LogP contribution in [0.15, 0.2) is 40.9 Å². The molecule has 0 bridgehead atoms. The van der Waals surface area contributed by atoms with Crippen LogP contribution < -0.4 is 14.2 Å². The zero-order valence-corrected chi connectivity index (χ0v) is 13.4. The lowest BCUT2D eigenvalue weighted by Crippen LogP contribution is -2.00. The molecule has 0 fully saturated rings. The lowest BCUT2D eigenvalue weighted by Gasteiger charge is -2.16. The van der Waals surface area contributed by atoms with Crippen LogP contribution in [0.4, 0.5) is 0 Å². The molecule has 0 aliphatic carbocycles. The van der Waals surface area contributed by atoms with Gasteiger partial charge < -0.3 is 14.2 Å². The van der Waals surface area contributed by atoms with Crippen LogP contribution >= 0.6 is 15.9 Å². The maximum atomic E-state index is 5.86. The van der Waals surface area contributed by atoms with E-state index in [0.717, 1.165) is 21.3 Å². The van der Waals surface area contributed by atoms with Crippen LogP contribution in [0.5, 0.6) is 17.2 Å². The summed E-state index contributed by atoms with van der Waals surface area (Å²) in [5.74, 6) is 2.15. The number of ether oxygens (including phenoxy) is 3. The summed E-state index contributed by atoms with van der Waals surface area (Å²) in [4.78, 5) is 0. The minimum Gasteiger partial charge on any atom is -0.495 e. The zero-order chi connectivity index (χ0) is 14.5. The van der Waals surface area contributed by atoms with Crippen molar-refractivity contribution in [3.8, 4) is 17.2 Å². The number of hydrogen-bond donors (Lipinski definition) is 0. The standard InChI is InChI=1S/C16H17BrO3/c1-11-15(18-2)13(17)9-14(16(11)19-3)20-10-12-7-5-4-6-8-12/h4-9H,10H2,1-3H3. The molecule has 0 aliphatic rings. The van der Waals surface area contributed by atoms with Gasteiger partial charge in [-0.15, -0.1) is 0 Å². The summed E-state index contributed by atoms with van der Waals surface area (Å²) in [6, 6.07) is 11.9. The van der Waals surface area contributed by atoms with Crippen LogP contribution in [0.25, 0.3) is 0 Å². The van der Waals surface area contributed by atoms with Gasteiger partial charge in [0, 0.05) is 11.6 Å². The van der Waals surface area contributed by atoms with Gasteiger partial charge in [-0.25, -0.2) is 0 Å². The molecule has 20 heavy (non-hydrogen) atoms. The maximum Gasteiger partial charge on any atom is 0.167 e. The molecular formula is C16H17BrO3. The Balaban J connectivity index is 2.27. The van der Waals surface area contributed by atoms with Crippen LogP contribution in [0.2, 0.25) is 0 Å². The predicted octanol–water partition coefficient (Wildman–Crippen LogP) is 4.35. The second-order valence-corrected chi connectivity index (χ2v) is 5.18. The molecule has 3 nitrogen and oxygen atoms in total. The van der Waals surface area contributed by atoms with Gasteiger partial charge in [0.15, 0.2) is 11.5 Å². The lowest BCUT2D eigenvalue weighted by molar-refractivity contribution is 0.281. The van der Waals surface area contributed by atoms with Gasteiger partial charge in [-0.1, -0.05) is 30.3 Å². The van der Waals surface area contributed by atoms with Gasteiger partial charge in [0.05, 0.1) is 18.7 Å². The Bertz CT molecular complexity index is 582. The van der Waals surface area contributed by atoms with Crippen LogP contribution in [-0.4, -0.2) is 14.2 Å². The molecule has 0 spiro atoms. The van der Waals surface area contributed by atoms with Crippen LogP contribution in [0.1, 0.15) is 11.1 Å². The van der Waals surface area contributed by atoms with E-state index >= 15 is 0 Å². The molecule has 0 saturated heterocycles. The van der Waals surface area contributed by atoms with Crippen molar-refractivity contribution in [1.82, 2.24) is 0 Å². The molecule has 0 heterocycles. The topological polar surface area (TPSA) is 27.7 Å². The zero-order valence-electron chi connectivity index (χ0n) is 11.8. The van der Waals surface area contributed by atoms with Crippen molar-refractivity contribution in [2.24, 2.45) is 0 Å². The number of halogens is 1. The van der Waals surface area contributed by atoms with E-state index in [1.807, 2.05) is 43.3 Å². The summed E-state index contributed by atoms with van der Waals surface area (Å²) in [5, 5.41) is 0. The summed E-state index contributed by atoms with van der Waals surface area (Å²) in [6.45, 7) is 2.44. The molecule has 2 aromatic rings. The van der Waals surface area contributed by atoms with Crippen molar-refractivity contribution in [2.75, 3.05) is 14.2 Å². The normalized spacial score (nSPS) is 10.2. The van der Waals surface area contributed by atoms with Gasteiger partial charge in [0.1, 0.15) is 12.4 Å². The van der Waals surface area contributed by atoms with Crippen molar-refractivity contribution < 1.29 is 14.2 Å². The first-order valence-corrected chi connectivity index (χ1v) is 7.04. The Morgan fingerprint density at radius 3 is 2.25 bits per heavy atom. The summed E-state index contributed by atoms with van der Waals surface area (Å²) >= 11 is 3.49. The Hall–Kier alpha value is -1.68. The molecular weight excluding hydrogens is 320 g/mol.